The molecule has 2 unspecified atom stereocenters. The van der Waals surface area contributed by atoms with E-state index in [0.29, 0.717) is 17.8 Å². The Bertz CT molecular complexity index is 827. The third kappa shape index (κ3) is 1.83. The van der Waals surface area contributed by atoms with Gasteiger partial charge in [-0.1, -0.05) is 0 Å². The van der Waals surface area contributed by atoms with Gasteiger partial charge in [0.2, 0.25) is 5.91 Å². The Hall–Kier alpha value is -1.63. The summed E-state index contributed by atoms with van der Waals surface area (Å²) in [6.07, 6.45) is 8.99. The summed E-state index contributed by atoms with van der Waals surface area (Å²) in [4.78, 5) is 23.6. The van der Waals surface area contributed by atoms with Gasteiger partial charge in [-0.05, 0) is 48.0 Å². The lowest BCUT2D eigenvalue weighted by molar-refractivity contribution is -0.134. The van der Waals surface area contributed by atoms with Crippen LogP contribution in [0.3, 0.4) is 0 Å². The first kappa shape index (κ1) is 13.8. The Balaban J connectivity index is 1.52. The van der Waals surface area contributed by atoms with Gasteiger partial charge < -0.3 is 10.6 Å². The molecular weight excluding hydrogens is 358 g/mol. The number of imidazole rings is 1. The molecule has 6 nitrogen and oxygen atoms in total. The summed E-state index contributed by atoms with van der Waals surface area (Å²) in [6, 6.07) is 0.447. The fourth-order valence-electron chi connectivity index (χ4n) is 4.44. The summed E-state index contributed by atoms with van der Waals surface area (Å²) in [5, 5.41) is 0. The van der Waals surface area contributed by atoms with Crippen molar-refractivity contribution in [3.63, 3.8) is 0 Å². The number of nitrogen functional groups attached to an aromatic ring is 1. The molecule has 1 amide bonds. The molecule has 4 heterocycles. The maximum Gasteiger partial charge on any atom is 0.229 e. The number of hydrogen-bond acceptors (Lipinski definition) is 4. The summed E-state index contributed by atoms with van der Waals surface area (Å²) in [7, 11) is 0. The molecule has 2 aromatic heterocycles. The lowest BCUT2D eigenvalue weighted by atomic mass is 9.91. The quantitative estimate of drug-likeness (QED) is 0.829. The molecule has 7 heteroatoms. The number of hydrogen-bond donors (Lipinski definition) is 1. The third-order valence-corrected chi connectivity index (χ3v) is 6.39. The second-order valence-electron chi connectivity index (χ2n) is 7.16. The average Bonchev–Trinajstić information content (AvgIpc) is 3.16. The van der Waals surface area contributed by atoms with E-state index in [4.69, 9.17) is 5.73 Å². The number of carbonyl (C=O) groups is 1. The summed E-state index contributed by atoms with van der Waals surface area (Å²) < 4.78 is 2.75. The first-order valence-electron chi connectivity index (χ1n) is 8.18. The van der Waals surface area contributed by atoms with Crippen molar-refractivity contribution in [2.45, 2.75) is 44.1 Å². The van der Waals surface area contributed by atoms with Crippen LogP contribution in [0.4, 0.5) is 5.82 Å². The third-order valence-electron chi connectivity index (χ3n) is 5.83. The lowest BCUT2D eigenvalue weighted by Gasteiger charge is -2.34. The zero-order chi connectivity index (χ0) is 15.8. The minimum atomic E-state index is 0.0170. The molecule has 2 atom stereocenters. The number of halogens is 1. The maximum atomic E-state index is 12.7. The first-order valence-corrected chi connectivity index (χ1v) is 8.97. The number of rotatable bonds is 1. The van der Waals surface area contributed by atoms with Crippen molar-refractivity contribution in [2.24, 2.45) is 5.41 Å². The number of nitrogens with zero attached hydrogens (tertiary/aromatic N) is 4. The molecule has 2 aliphatic heterocycles. The molecule has 0 radical (unpaired) electrons. The smallest absolute Gasteiger partial charge is 0.229 e. The highest BCUT2D eigenvalue weighted by Gasteiger charge is 2.59. The molecule has 1 aliphatic carbocycles. The van der Waals surface area contributed by atoms with E-state index in [2.05, 4.69) is 30.8 Å². The van der Waals surface area contributed by atoms with Crippen molar-refractivity contribution in [3.8, 4) is 0 Å². The number of nitrogens with two attached hydrogens (primary N) is 1. The Morgan fingerprint density at radius 2 is 2.17 bits per heavy atom. The van der Waals surface area contributed by atoms with E-state index in [1.807, 2.05) is 10.6 Å². The highest BCUT2D eigenvalue weighted by atomic mass is 79.9. The summed E-state index contributed by atoms with van der Waals surface area (Å²) in [5.74, 6) is 2.09. The maximum absolute atomic E-state index is 12.7. The zero-order valence-electron chi connectivity index (χ0n) is 12.7. The van der Waals surface area contributed by atoms with Crippen molar-refractivity contribution < 1.29 is 4.79 Å². The molecule has 3 aliphatic rings. The van der Waals surface area contributed by atoms with Crippen molar-refractivity contribution in [1.82, 2.24) is 19.3 Å². The normalized spacial score (nSPS) is 28.6. The van der Waals surface area contributed by atoms with Crippen LogP contribution in [0.15, 0.2) is 17.0 Å². The van der Waals surface area contributed by atoms with Crippen LogP contribution in [0.25, 0.3) is 5.52 Å². The van der Waals surface area contributed by atoms with Crippen LogP contribution in [0.5, 0.6) is 0 Å². The van der Waals surface area contributed by atoms with Crippen LogP contribution in [0.1, 0.15) is 43.8 Å². The molecule has 2 aromatic rings. The van der Waals surface area contributed by atoms with E-state index < -0.39 is 0 Å². The highest BCUT2D eigenvalue weighted by molar-refractivity contribution is 9.10. The molecule has 0 bridgehead atoms. The van der Waals surface area contributed by atoms with Gasteiger partial charge in [-0.2, -0.15) is 0 Å². The number of carbonyl (C=O) groups excluding carboxylic acids is 1. The van der Waals surface area contributed by atoms with Gasteiger partial charge in [0.1, 0.15) is 15.9 Å². The van der Waals surface area contributed by atoms with E-state index in [1.54, 1.807) is 6.20 Å². The minimum absolute atomic E-state index is 0.0170. The van der Waals surface area contributed by atoms with E-state index >= 15 is 0 Å². The Morgan fingerprint density at radius 1 is 1.35 bits per heavy atom. The molecule has 23 heavy (non-hydrogen) atoms. The largest absolute Gasteiger partial charge is 0.382 e. The van der Waals surface area contributed by atoms with E-state index in [1.165, 1.54) is 0 Å². The fraction of sp³-hybridized carbons (Fsp3) is 0.562. The van der Waals surface area contributed by atoms with Gasteiger partial charge in [0.05, 0.1) is 5.41 Å². The van der Waals surface area contributed by atoms with Crippen molar-refractivity contribution in [3.05, 3.63) is 22.8 Å². The molecule has 1 saturated carbocycles. The summed E-state index contributed by atoms with van der Waals surface area (Å²) in [6.45, 7) is 0.777. The molecule has 2 saturated heterocycles. The van der Waals surface area contributed by atoms with E-state index in [0.717, 1.165) is 54.6 Å². The van der Waals surface area contributed by atoms with E-state index in [-0.39, 0.29) is 11.3 Å². The second-order valence-corrected chi connectivity index (χ2v) is 7.91. The van der Waals surface area contributed by atoms with Gasteiger partial charge in [0, 0.05) is 30.9 Å². The van der Waals surface area contributed by atoms with Crippen LogP contribution >= 0.6 is 15.9 Å². The molecule has 0 aromatic carbocycles. The molecular formula is C16H18BrN5O. The minimum Gasteiger partial charge on any atom is -0.382 e. The van der Waals surface area contributed by atoms with Gasteiger partial charge in [-0.15, -0.1) is 0 Å². The van der Waals surface area contributed by atoms with E-state index in [9.17, 15) is 4.79 Å². The van der Waals surface area contributed by atoms with Gasteiger partial charge in [0.25, 0.3) is 0 Å². The number of fused-ring (bicyclic) bond motifs is 2. The Morgan fingerprint density at radius 3 is 2.96 bits per heavy atom. The Kier molecular flexibility index (Phi) is 2.67. The standard InChI is InChI=1S/C16H18BrN5O/c17-12-11-13(18)19-5-6-21(11)14(20-12)9-1-2-10-7-16(3-4-16)15(23)22(10)8-9/h5-6,9-10H,1-4,7-8H2,(H2,18,19). The lowest BCUT2D eigenvalue weighted by Crippen LogP contribution is -2.41. The van der Waals surface area contributed by atoms with Crippen LogP contribution in [0.2, 0.25) is 0 Å². The van der Waals surface area contributed by atoms with Gasteiger partial charge in [0.15, 0.2) is 5.82 Å². The van der Waals surface area contributed by atoms with Crippen LogP contribution in [-0.4, -0.2) is 37.8 Å². The number of aromatic nitrogens is 3. The van der Waals surface area contributed by atoms with Crippen molar-refractivity contribution >= 4 is 33.2 Å². The van der Waals surface area contributed by atoms with Crippen LogP contribution in [0, 0.1) is 5.41 Å². The zero-order valence-corrected chi connectivity index (χ0v) is 14.3. The average molecular weight is 376 g/mol. The number of piperidine rings is 1. The molecule has 120 valence electrons. The highest BCUT2D eigenvalue weighted by Crippen LogP contribution is 2.57. The molecule has 2 N–H and O–H groups in total. The summed E-state index contributed by atoms with van der Waals surface area (Å²) in [5.41, 5.74) is 6.82. The fourth-order valence-corrected chi connectivity index (χ4v) is 5.02. The Labute approximate surface area is 142 Å². The topological polar surface area (TPSA) is 76.5 Å². The second kappa shape index (κ2) is 4.47. The SMILES string of the molecule is Nc1nccn2c(C3CCC4CC5(CC5)C(=O)N4C3)nc(Br)c12. The predicted octanol–water partition coefficient (Wildman–Crippen LogP) is 2.33. The van der Waals surface area contributed by atoms with Crippen LogP contribution < -0.4 is 5.73 Å². The van der Waals surface area contributed by atoms with Gasteiger partial charge in [-0.25, -0.2) is 9.97 Å². The van der Waals surface area contributed by atoms with Crippen molar-refractivity contribution in [2.75, 3.05) is 12.3 Å². The number of amides is 1. The predicted molar refractivity (Wildman–Crippen MR) is 88.9 cm³/mol. The van der Waals surface area contributed by atoms with Gasteiger partial charge >= 0.3 is 0 Å². The molecule has 3 fully saturated rings. The number of anilines is 1. The monoisotopic (exact) mass is 375 g/mol. The first-order chi connectivity index (χ1) is 11.1. The van der Waals surface area contributed by atoms with Crippen molar-refractivity contribution in [1.29, 1.82) is 0 Å². The summed E-state index contributed by atoms with van der Waals surface area (Å²) >= 11 is 3.50. The van der Waals surface area contributed by atoms with Crippen LogP contribution in [-0.2, 0) is 4.79 Å². The van der Waals surface area contributed by atoms with Gasteiger partial charge in [-0.3, -0.25) is 9.20 Å². The molecule has 1 spiro atoms. The molecule has 5 rings (SSSR count).